The fourth-order valence-electron chi connectivity index (χ4n) is 3.54. The van der Waals surface area contributed by atoms with Gasteiger partial charge in [-0.25, -0.2) is 0 Å². The monoisotopic (exact) mass is 427 g/mol. The summed E-state index contributed by atoms with van der Waals surface area (Å²) in [5.41, 5.74) is 4.40. The van der Waals surface area contributed by atoms with Gasteiger partial charge in [0, 0.05) is 29.9 Å². The van der Waals surface area contributed by atoms with Crippen molar-refractivity contribution in [3.8, 4) is 22.8 Å². The number of hydrogen-bond donors (Lipinski definition) is 1. The number of aromatic nitrogens is 2. The first-order chi connectivity index (χ1) is 15.7. The van der Waals surface area contributed by atoms with Crippen molar-refractivity contribution in [3.63, 3.8) is 0 Å². The van der Waals surface area contributed by atoms with Crippen molar-refractivity contribution in [1.29, 1.82) is 0 Å². The highest BCUT2D eigenvalue weighted by Gasteiger charge is 2.16. The minimum absolute atomic E-state index is 0.223. The van der Waals surface area contributed by atoms with E-state index in [-0.39, 0.29) is 5.91 Å². The van der Waals surface area contributed by atoms with Crippen molar-refractivity contribution in [2.45, 2.75) is 13.1 Å². The molecule has 0 aliphatic rings. The summed E-state index contributed by atoms with van der Waals surface area (Å²) in [7, 11) is 3.11. The van der Waals surface area contributed by atoms with E-state index in [1.54, 1.807) is 25.3 Å². The third-order valence-electron chi connectivity index (χ3n) is 5.16. The second-order valence-electron chi connectivity index (χ2n) is 7.30. The van der Waals surface area contributed by atoms with Gasteiger partial charge in [0.05, 0.1) is 32.0 Å². The van der Waals surface area contributed by atoms with Crippen LogP contribution in [0.1, 0.15) is 21.5 Å². The Balaban J connectivity index is 1.58. The Bertz CT molecular complexity index is 1190. The first-order valence-electron chi connectivity index (χ1n) is 10.3. The quantitative estimate of drug-likeness (QED) is 0.448. The highest BCUT2D eigenvalue weighted by atomic mass is 16.5. The summed E-state index contributed by atoms with van der Waals surface area (Å²) in [6.07, 6.45) is 1.99. The van der Waals surface area contributed by atoms with Crippen molar-refractivity contribution in [1.82, 2.24) is 15.1 Å². The number of ether oxygens (including phenoxy) is 2. The minimum Gasteiger partial charge on any atom is -0.497 e. The van der Waals surface area contributed by atoms with Gasteiger partial charge in [-0.2, -0.15) is 5.10 Å². The van der Waals surface area contributed by atoms with Crippen LogP contribution in [0.4, 0.5) is 0 Å². The third-order valence-corrected chi connectivity index (χ3v) is 5.16. The lowest BCUT2D eigenvalue weighted by molar-refractivity contribution is 0.0948. The average Bonchev–Trinajstić information content (AvgIpc) is 3.25. The van der Waals surface area contributed by atoms with Crippen molar-refractivity contribution in [2.75, 3.05) is 14.2 Å². The number of methoxy groups -OCH3 is 2. The Hall–Kier alpha value is -4.06. The number of carbonyl (C=O) groups excluding carboxylic acids is 1. The molecule has 1 N–H and O–H groups in total. The van der Waals surface area contributed by atoms with E-state index >= 15 is 0 Å². The molecule has 0 atom stereocenters. The maximum absolute atomic E-state index is 12.9. The second kappa shape index (κ2) is 9.83. The smallest absolute Gasteiger partial charge is 0.255 e. The molecule has 32 heavy (non-hydrogen) atoms. The van der Waals surface area contributed by atoms with Crippen molar-refractivity contribution in [3.05, 3.63) is 102 Å². The van der Waals surface area contributed by atoms with Gasteiger partial charge in [-0.05, 0) is 17.7 Å². The summed E-state index contributed by atoms with van der Waals surface area (Å²) in [5, 5.41) is 7.81. The SMILES string of the molecule is COc1ccc(C(=O)NCc2cn(Cc3ccccc3)nc2-c2ccccc2)c(OC)c1. The van der Waals surface area contributed by atoms with E-state index in [2.05, 4.69) is 17.4 Å². The maximum atomic E-state index is 12.9. The Morgan fingerprint density at radius 1 is 0.938 bits per heavy atom. The van der Waals surface area contributed by atoms with Crippen LogP contribution in [0.3, 0.4) is 0 Å². The highest BCUT2D eigenvalue weighted by molar-refractivity contribution is 5.97. The largest absolute Gasteiger partial charge is 0.497 e. The Labute approximate surface area is 187 Å². The van der Waals surface area contributed by atoms with Crippen LogP contribution in [-0.2, 0) is 13.1 Å². The van der Waals surface area contributed by atoms with Crippen LogP contribution < -0.4 is 14.8 Å². The van der Waals surface area contributed by atoms with Crippen LogP contribution in [0.5, 0.6) is 11.5 Å². The van der Waals surface area contributed by atoms with Gasteiger partial charge >= 0.3 is 0 Å². The zero-order chi connectivity index (χ0) is 22.3. The molecular formula is C26H25N3O3. The molecule has 0 fully saturated rings. The molecule has 0 radical (unpaired) electrons. The number of benzene rings is 3. The summed E-state index contributed by atoms with van der Waals surface area (Å²) in [4.78, 5) is 12.9. The molecule has 4 aromatic rings. The zero-order valence-electron chi connectivity index (χ0n) is 18.1. The van der Waals surface area contributed by atoms with E-state index in [1.165, 1.54) is 7.11 Å². The fraction of sp³-hybridized carbons (Fsp3) is 0.154. The lowest BCUT2D eigenvalue weighted by atomic mass is 10.1. The molecule has 0 saturated carbocycles. The lowest BCUT2D eigenvalue weighted by Crippen LogP contribution is -2.23. The van der Waals surface area contributed by atoms with Crippen LogP contribution >= 0.6 is 0 Å². The van der Waals surface area contributed by atoms with Crippen molar-refractivity contribution >= 4 is 5.91 Å². The van der Waals surface area contributed by atoms with Gasteiger partial charge in [0.25, 0.3) is 5.91 Å². The van der Waals surface area contributed by atoms with Crippen LogP contribution in [0.2, 0.25) is 0 Å². The van der Waals surface area contributed by atoms with Gasteiger partial charge in [0.1, 0.15) is 11.5 Å². The number of amides is 1. The molecule has 1 aromatic heterocycles. The van der Waals surface area contributed by atoms with E-state index < -0.39 is 0 Å². The number of carbonyl (C=O) groups is 1. The summed E-state index contributed by atoms with van der Waals surface area (Å²) in [6, 6.07) is 25.3. The van der Waals surface area contributed by atoms with Gasteiger partial charge in [0.2, 0.25) is 0 Å². The minimum atomic E-state index is -0.223. The molecule has 1 amide bonds. The first-order valence-corrected chi connectivity index (χ1v) is 10.3. The van der Waals surface area contributed by atoms with E-state index in [1.807, 2.05) is 59.4 Å². The van der Waals surface area contributed by atoms with E-state index in [0.29, 0.717) is 30.2 Å². The maximum Gasteiger partial charge on any atom is 0.255 e. The first kappa shape index (κ1) is 21.2. The number of hydrogen-bond acceptors (Lipinski definition) is 4. The Kier molecular flexibility index (Phi) is 6.51. The topological polar surface area (TPSA) is 65.4 Å². The van der Waals surface area contributed by atoms with Gasteiger partial charge < -0.3 is 14.8 Å². The molecule has 0 saturated heterocycles. The van der Waals surface area contributed by atoms with Gasteiger partial charge in [0.15, 0.2) is 0 Å². The van der Waals surface area contributed by atoms with E-state index in [9.17, 15) is 4.79 Å². The average molecular weight is 428 g/mol. The number of rotatable bonds is 8. The van der Waals surface area contributed by atoms with Crippen LogP contribution in [0.25, 0.3) is 11.3 Å². The Morgan fingerprint density at radius 2 is 1.66 bits per heavy atom. The van der Waals surface area contributed by atoms with Crippen LogP contribution in [0.15, 0.2) is 85.1 Å². The molecule has 0 aliphatic heterocycles. The van der Waals surface area contributed by atoms with Gasteiger partial charge in [-0.1, -0.05) is 60.7 Å². The molecule has 4 rings (SSSR count). The van der Waals surface area contributed by atoms with Crippen LogP contribution in [-0.4, -0.2) is 29.9 Å². The van der Waals surface area contributed by atoms with Gasteiger partial charge in [-0.3, -0.25) is 9.48 Å². The molecule has 0 unspecified atom stereocenters. The molecule has 0 aliphatic carbocycles. The molecule has 0 bridgehead atoms. The number of nitrogens with one attached hydrogen (secondary N) is 1. The number of nitrogens with zero attached hydrogens (tertiary/aromatic N) is 2. The molecule has 162 valence electrons. The summed E-state index contributed by atoms with van der Waals surface area (Å²) in [5.74, 6) is 0.871. The molecule has 1 heterocycles. The van der Waals surface area contributed by atoms with Gasteiger partial charge in [-0.15, -0.1) is 0 Å². The normalized spacial score (nSPS) is 10.6. The van der Waals surface area contributed by atoms with E-state index in [4.69, 9.17) is 14.6 Å². The molecular weight excluding hydrogens is 402 g/mol. The summed E-state index contributed by atoms with van der Waals surface area (Å²) >= 11 is 0. The highest BCUT2D eigenvalue weighted by Crippen LogP contribution is 2.25. The zero-order valence-corrected chi connectivity index (χ0v) is 18.1. The predicted octanol–water partition coefficient (Wildman–Crippen LogP) is 4.55. The molecule has 3 aromatic carbocycles. The lowest BCUT2D eigenvalue weighted by Gasteiger charge is -2.11. The molecule has 6 heteroatoms. The second-order valence-corrected chi connectivity index (χ2v) is 7.30. The van der Waals surface area contributed by atoms with Crippen molar-refractivity contribution in [2.24, 2.45) is 0 Å². The summed E-state index contributed by atoms with van der Waals surface area (Å²) in [6.45, 7) is 0.994. The standard InChI is InChI=1S/C26H25N3O3/c1-31-22-13-14-23(24(15-22)32-2)26(30)27-16-21-18-29(17-19-9-5-3-6-10-19)28-25(21)20-11-7-4-8-12-20/h3-15,18H,16-17H2,1-2H3,(H,27,30). The van der Waals surface area contributed by atoms with Crippen molar-refractivity contribution < 1.29 is 14.3 Å². The Morgan fingerprint density at radius 3 is 2.34 bits per heavy atom. The summed E-state index contributed by atoms with van der Waals surface area (Å²) < 4.78 is 12.5. The predicted molar refractivity (Wildman–Crippen MR) is 124 cm³/mol. The molecule has 0 spiro atoms. The molecule has 6 nitrogen and oxygen atoms in total. The van der Waals surface area contributed by atoms with Crippen LogP contribution in [0, 0.1) is 0 Å². The third kappa shape index (κ3) is 4.81. The fourth-order valence-corrected chi connectivity index (χ4v) is 3.54. The van der Waals surface area contributed by atoms with E-state index in [0.717, 1.165) is 22.4 Å².